The van der Waals surface area contributed by atoms with Gasteiger partial charge in [-0.15, -0.1) is 0 Å². The molecule has 114 valence electrons. The number of carbonyl (C=O) groups is 3. The van der Waals surface area contributed by atoms with Crippen LogP contribution in [-0.2, 0) is 20.9 Å². The molecule has 0 heterocycles. The Kier molecular flexibility index (Phi) is 6.31. The zero-order chi connectivity index (χ0) is 15.8. The summed E-state index contributed by atoms with van der Waals surface area (Å²) in [5.41, 5.74) is 5.81. The van der Waals surface area contributed by atoms with E-state index in [9.17, 15) is 14.4 Å². The second kappa shape index (κ2) is 7.98. The predicted octanol–water partition coefficient (Wildman–Crippen LogP) is -0.444. The van der Waals surface area contributed by atoms with Gasteiger partial charge in [0.2, 0.25) is 5.91 Å². The fourth-order valence-corrected chi connectivity index (χ4v) is 1.56. The molecule has 0 radical (unpaired) electrons. The molecule has 0 unspecified atom stereocenters. The van der Waals surface area contributed by atoms with Gasteiger partial charge < -0.3 is 20.7 Å². The van der Waals surface area contributed by atoms with E-state index in [-0.39, 0.29) is 6.61 Å². The van der Waals surface area contributed by atoms with Gasteiger partial charge in [0.05, 0.1) is 13.2 Å². The van der Waals surface area contributed by atoms with Gasteiger partial charge in [-0.2, -0.15) is 0 Å². The van der Waals surface area contributed by atoms with E-state index in [0.717, 1.165) is 0 Å². The van der Waals surface area contributed by atoms with Crippen LogP contribution < -0.4 is 5.73 Å². The lowest BCUT2D eigenvalue weighted by atomic mass is 10.2. The average molecular weight is 296 g/mol. The second-order valence-electron chi connectivity index (χ2n) is 4.04. The molecule has 8 heteroatoms. The fourth-order valence-electron chi connectivity index (χ4n) is 1.56. The van der Waals surface area contributed by atoms with Crippen molar-refractivity contribution < 1.29 is 29.3 Å². The Balaban J connectivity index is 2.80. The highest BCUT2D eigenvalue weighted by Gasteiger charge is 2.34. The molecule has 0 saturated carbocycles. The molecule has 0 aliphatic heterocycles. The highest BCUT2D eigenvalue weighted by Crippen LogP contribution is 2.07. The minimum Gasteiger partial charge on any atom is -0.480 e. The van der Waals surface area contributed by atoms with Crippen molar-refractivity contribution in [2.45, 2.75) is 12.6 Å². The second-order valence-corrected chi connectivity index (χ2v) is 4.04. The summed E-state index contributed by atoms with van der Waals surface area (Å²) < 4.78 is 4.88. The molecule has 0 spiro atoms. The highest BCUT2D eigenvalue weighted by molar-refractivity contribution is 5.97. The summed E-state index contributed by atoms with van der Waals surface area (Å²) in [5.74, 6) is -2.48. The van der Waals surface area contributed by atoms with Gasteiger partial charge in [0.1, 0.15) is 6.61 Å². The van der Waals surface area contributed by atoms with Crippen molar-refractivity contribution in [2.24, 2.45) is 5.73 Å². The van der Waals surface area contributed by atoms with E-state index < -0.39 is 37.2 Å². The minimum atomic E-state index is -1.73. The largest absolute Gasteiger partial charge is 0.480 e. The standard InChI is InChI=1S/C13H16N2O6/c14-6-11(17)15(10(7-16)12(18)19)13(20)21-8-9-4-2-1-3-5-9/h1-5,10,16H,6-8,14H2,(H,18,19)/t10-/m0/s1. The molecule has 1 aromatic carbocycles. The van der Waals surface area contributed by atoms with E-state index in [1.807, 2.05) is 0 Å². The number of carboxylic acids is 1. The molecule has 0 fully saturated rings. The van der Waals surface area contributed by atoms with E-state index in [1.54, 1.807) is 30.3 Å². The van der Waals surface area contributed by atoms with Crippen molar-refractivity contribution in [1.82, 2.24) is 4.90 Å². The summed E-state index contributed by atoms with van der Waals surface area (Å²) in [7, 11) is 0. The molecule has 1 rings (SSSR count). The molecule has 0 saturated heterocycles. The minimum absolute atomic E-state index is 0.133. The van der Waals surface area contributed by atoms with Gasteiger partial charge in [-0.25, -0.2) is 14.5 Å². The normalized spacial score (nSPS) is 11.5. The molecule has 0 aromatic heterocycles. The van der Waals surface area contributed by atoms with Gasteiger partial charge in [-0.3, -0.25) is 4.79 Å². The number of nitrogens with zero attached hydrogens (tertiary/aromatic N) is 1. The lowest BCUT2D eigenvalue weighted by Crippen LogP contribution is -2.52. The van der Waals surface area contributed by atoms with Crippen LogP contribution >= 0.6 is 0 Å². The fraction of sp³-hybridized carbons (Fsp3) is 0.308. The van der Waals surface area contributed by atoms with Crippen LogP contribution in [0.4, 0.5) is 4.79 Å². The summed E-state index contributed by atoms with van der Waals surface area (Å²) in [6.45, 7) is -1.64. The van der Waals surface area contributed by atoms with Crippen molar-refractivity contribution in [3.63, 3.8) is 0 Å². The monoisotopic (exact) mass is 296 g/mol. The number of hydrogen-bond acceptors (Lipinski definition) is 6. The van der Waals surface area contributed by atoms with Gasteiger partial charge >= 0.3 is 12.1 Å². The third kappa shape index (κ3) is 4.55. The number of carboxylic acid groups (broad SMARTS) is 1. The predicted molar refractivity (Wildman–Crippen MR) is 71.0 cm³/mol. The van der Waals surface area contributed by atoms with E-state index in [4.69, 9.17) is 20.7 Å². The molecule has 0 bridgehead atoms. The van der Waals surface area contributed by atoms with E-state index in [1.165, 1.54) is 0 Å². The molecule has 8 nitrogen and oxygen atoms in total. The number of ether oxygens (including phenoxy) is 1. The Hall–Kier alpha value is -2.45. The first-order valence-electron chi connectivity index (χ1n) is 6.07. The SMILES string of the molecule is NCC(=O)N(C(=O)OCc1ccccc1)[C@@H](CO)C(=O)O. The number of benzene rings is 1. The van der Waals surface area contributed by atoms with Crippen molar-refractivity contribution in [1.29, 1.82) is 0 Å². The molecule has 0 aliphatic rings. The lowest BCUT2D eigenvalue weighted by molar-refractivity contribution is -0.150. The van der Waals surface area contributed by atoms with Crippen LogP contribution in [0.2, 0.25) is 0 Å². The van der Waals surface area contributed by atoms with Crippen LogP contribution in [0.25, 0.3) is 0 Å². The van der Waals surface area contributed by atoms with Crippen molar-refractivity contribution in [3.05, 3.63) is 35.9 Å². The lowest BCUT2D eigenvalue weighted by Gasteiger charge is -2.24. The maximum absolute atomic E-state index is 11.9. The molecule has 21 heavy (non-hydrogen) atoms. The Labute approximate surface area is 120 Å². The number of nitrogens with two attached hydrogens (primary N) is 1. The van der Waals surface area contributed by atoms with Crippen LogP contribution in [0.1, 0.15) is 5.56 Å². The van der Waals surface area contributed by atoms with Gasteiger partial charge in [0.15, 0.2) is 6.04 Å². The number of aliphatic hydroxyl groups excluding tert-OH is 1. The van der Waals surface area contributed by atoms with Crippen LogP contribution in [0.3, 0.4) is 0 Å². The molecule has 4 N–H and O–H groups in total. The van der Waals surface area contributed by atoms with Crippen molar-refractivity contribution in [3.8, 4) is 0 Å². The van der Waals surface area contributed by atoms with E-state index >= 15 is 0 Å². The van der Waals surface area contributed by atoms with Crippen LogP contribution in [0.15, 0.2) is 30.3 Å². The Bertz CT molecular complexity index is 505. The van der Waals surface area contributed by atoms with Gasteiger partial charge in [-0.05, 0) is 5.56 Å². The molecule has 1 atom stereocenters. The summed E-state index contributed by atoms with van der Waals surface area (Å²) in [6.07, 6.45) is -1.17. The average Bonchev–Trinajstić information content (AvgIpc) is 2.50. The number of amides is 2. The Morgan fingerprint density at radius 1 is 1.24 bits per heavy atom. The Morgan fingerprint density at radius 2 is 1.86 bits per heavy atom. The maximum atomic E-state index is 11.9. The van der Waals surface area contributed by atoms with Gasteiger partial charge in [-0.1, -0.05) is 30.3 Å². The summed E-state index contributed by atoms with van der Waals surface area (Å²) >= 11 is 0. The summed E-state index contributed by atoms with van der Waals surface area (Å²) in [4.78, 5) is 34.7. The third-order valence-corrected chi connectivity index (χ3v) is 2.61. The van der Waals surface area contributed by atoms with Crippen molar-refractivity contribution >= 4 is 18.0 Å². The zero-order valence-electron chi connectivity index (χ0n) is 11.1. The molecule has 0 aliphatic carbocycles. The number of carbonyl (C=O) groups excluding carboxylic acids is 2. The van der Waals surface area contributed by atoms with Crippen LogP contribution in [0.5, 0.6) is 0 Å². The van der Waals surface area contributed by atoms with Gasteiger partial charge in [0.25, 0.3) is 0 Å². The number of imide groups is 1. The highest BCUT2D eigenvalue weighted by atomic mass is 16.6. The quantitative estimate of drug-likeness (QED) is 0.648. The Morgan fingerprint density at radius 3 is 2.33 bits per heavy atom. The maximum Gasteiger partial charge on any atom is 0.417 e. The first kappa shape index (κ1) is 16.6. The number of aliphatic hydroxyl groups is 1. The third-order valence-electron chi connectivity index (χ3n) is 2.61. The number of rotatable bonds is 6. The molecule has 1 aromatic rings. The molecule has 2 amide bonds. The van der Waals surface area contributed by atoms with E-state index in [2.05, 4.69) is 0 Å². The number of hydrogen-bond donors (Lipinski definition) is 3. The van der Waals surface area contributed by atoms with Crippen LogP contribution in [0, 0.1) is 0 Å². The smallest absolute Gasteiger partial charge is 0.417 e. The first-order chi connectivity index (χ1) is 10.0. The number of aliphatic carboxylic acids is 1. The first-order valence-corrected chi connectivity index (χ1v) is 6.07. The zero-order valence-corrected chi connectivity index (χ0v) is 11.1. The molecular formula is C13H16N2O6. The summed E-state index contributed by atoms with van der Waals surface area (Å²) in [5, 5.41) is 17.9. The van der Waals surface area contributed by atoms with Gasteiger partial charge in [0, 0.05) is 0 Å². The topological polar surface area (TPSA) is 130 Å². The molecular weight excluding hydrogens is 280 g/mol. The van der Waals surface area contributed by atoms with Crippen molar-refractivity contribution in [2.75, 3.05) is 13.2 Å². The summed E-state index contributed by atoms with van der Waals surface area (Å²) in [6, 6.07) is 6.91. The van der Waals surface area contributed by atoms with E-state index in [0.29, 0.717) is 10.5 Å². The van der Waals surface area contributed by atoms with Crippen LogP contribution in [-0.4, -0.2) is 52.3 Å².